The van der Waals surface area contributed by atoms with Crippen molar-refractivity contribution in [1.29, 1.82) is 0 Å². The van der Waals surface area contributed by atoms with Crippen molar-refractivity contribution in [2.75, 3.05) is 23.3 Å². The molecule has 176 valence electrons. The van der Waals surface area contributed by atoms with E-state index in [0.717, 1.165) is 22.2 Å². The minimum absolute atomic E-state index is 0.184. The predicted octanol–water partition coefficient (Wildman–Crippen LogP) is 5.30. The number of fused-ring (bicyclic) bond motifs is 3. The number of nitrogens with zero attached hydrogens (tertiary/aromatic N) is 4. The molecule has 0 aliphatic carbocycles. The van der Waals surface area contributed by atoms with Crippen LogP contribution in [-0.4, -0.2) is 44.7 Å². The summed E-state index contributed by atoms with van der Waals surface area (Å²) in [4.78, 5) is 18.5. The molecule has 34 heavy (non-hydrogen) atoms. The SMILES string of the molecule is Cc1cc([C@H](C)Nc2ccccc2C(=O)O)c2nc(N3CCC(F)(F)CC3)c3ccnn3c2c1. The van der Waals surface area contributed by atoms with E-state index in [1.54, 1.807) is 35.0 Å². The summed E-state index contributed by atoms with van der Waals surface area (Å²) in [6, 6.07) is 12.3. The Balaban J connectivity index is 1.62. The largest absolute Gasteiger partial charge is 0.478 e. The summed E-state index contributed by atoms with van der Waals surface area (Å²) in [6.07, 6.45) is 1.26. The molecule has 0 radical (unpaired) electrons. The third kappa shape index (κ3) is 3.91. The number of hydrogen-bond acceptors (Lipinski definition) is 5. The zero-order valence-electron chi connectivity index (χ0n) is 18.9. The molecule has 0 bridgehead atoms. The fraction of sp³-hybridized carbons (Fsp3) is 0.320. The van der Waals surface area contributed by atoms with E-state index in [-0.39, 0.29) is 37.5 Å². The molecule has 1 aliphatic heterocycles. The van der Waals surface area contributed by atoms with Crippen LogP contribution in [0.2, 0.25) is 0 Å². The molecule has 3 heterocycles. The van der Waals surface area contributed by atoms with Gasteiger partial charge in [-0.15, -0.1) is 0 Å². The van der Waals surface area contributed by atoms with Gasteiger partial charge < -0.3 is 15.3 Å². The first kappa shape index (κ1) is 22.1. The molecule has 2 N–H and O–H groups in total. The number of rotatable bonds is 5. The highest BCUT2D eigenvalue weighted by Gasteiger charge is 2.35. The normalized spacial score (nSPS) is 16.6. The smallest absolute Gasteiger partial charge is 0.337 e. The molecule has 9 heteroatoms. The molecule has 1 atom stereocenters. The molecule has 0 unspecified atom stereocenters. The zero-order valence-corrected chi connectivity index (χ0v) is 18.9. The van der Waals surface area contributed by atoms with Gasteiger partial charge in [-0.3, -0.25) is 0 Å². The van der Waals surface area contributed by atoms with Gasteiger partial charge in [-0.25, -0.2) is 23.1 Å². The summed E-state index contributed by atoms with van der Waals surface area (Å²) in [5.41, 5.74) is 4.84. The van der Waals surface area contributed by atoms with E-state index in [2.05, 4.69) is 10.4 Å². The summed E-state index contributed by atoms with van der Waals surface area (Å²) in [5.74, 6) is -3.03. The average Bonchev–Trinajstić information content (AvgIpc) is 3.29. The number of benzene rings is 2. The van der Waals surface area contributed by atoms with E-state index in [0.29, 0.717) is 17.0 Å². The molecular weight excluding hydrogens is 440 g/mol. The molecule has 7 nitrogen and oxygen atoms in total. The van der Waals surface area contributed by atoms with Gasteiger partial charge in [-0.1, -0.05) is 18.2 Å². The fourth-order valence-corrected chi connectivity index (χ4v) is 4.61. The molecule has 1 saturated heterocycles. The number of alkyl halides is 2. The molecular formula is C25H25F2N5O2. The van der Waals surface area contributed by atoms with Crippen molar-refractivity contribution >= 4 is 34.0 Å². The molecule has 0 saturated carbocycles. The highest BCUT2D eigenvalue weighted by Crippen LogP contribution is 2.35. The highest BCUT2D eigenvalue weighted by atomic mass is 19.3. The van der Waals surface area contributed by atoms with E-state index >= 15 is 0 Å². The maximum absolute atomic E-state index is 13.8. The van der Waals surface area contributed by atoms with E-state index < -0.39 is 11.9 Å². The number of piperidine rings is 1. The number of aromatic carboxylic acids is 1. The third-order valence-corrected chi connectivity index (χ3v) is 6.37. The fourth-order valence-electron chi connectivity index (χ4n) is 4.61. The second-order valence-corrected chi connectivity index (χ2v) is 8.85. The van der Waals surface area contributed by atoms with Crippen LogP contribution in [0.15, 0.2) is 48.7 Å². The minimum atomic E-state index is -2.65. The number of carboxylic acid groups (broad SMARTS) is 1. The summed E-state index contributed by atoms with van der Waals surface area (Å²) in [6.45, 7) is 4.36. The quantitative estimate of drug-likeness (QED) is 0.416. The van der Waals surface area contributed by atoms with Crippen LogP contribution in [0.5, 0.6) is 0 Å². The Morgan fingerprint density at radius 2 is 1.88 bits per heavy atom. The molecule has 1 aliphatic rings. The van der Waals surface area contributed by atoms with E-state index in [1.807, 2.05) is 36.9 Å². The third-order valence-electron chi connectivity index (χ3n) is 6.37. The van der Waals surface area contributed by atoms with Crippen LogP contribution in [-0.2, 0) is 0 Å². The van der Waals surface area contributed by atoms with Gasteiger partial charge in [0.2, 0.25) is 0 Å². The van der Waals surface area contributed by atoms with Crippen LogP contribution in [0.1, 0.15) is 47.3 Å². The van der Waals surface area contributed by atoms with Crippen molar-refractivity contribution in [3.05, 3.63) is 65.4 Å². The van der Waals surface area contributed by atoms with Gasteiger partial charge >= 0.3 is 5.97 Å². The Kier molecular flexibility index (Phi) is 5.34. The molecule has 4 aromatic rings. The topological polar surface area (TPSA) is 82.8 Å². The van der Waals surface area contributed by atoms with E-state index in [1.165, 1.54) is 0 Å². The van der Waals surface area contributed by atoms with Gasteiger partial charge in [0.1, 0.15) is 5.52 Å². The van der Waals surface area contributed by atoms with Crippen LogP contribution in [0.25, 0.3) is 16.6 Å². The second kappa shape index (κ2) is 8.23. The van der Waals surface area contributed by atoms with Gasteiger partial charge in [0.05, 0.1) is 28.8 Å². The predicted molar refractivity (Wildman–Crippen MR) is 127 cm³/mol. The number of nitrogens with one attached hydrogen (secondary N) is 1. The summed E-state index contributed by atoms with van der Waals surface area (Å²) in [7, 11) is 0. The number of aromatic nitrogens is 3. The van der Waals surface area contributed by atoms with Crippen molar-refractivity contribution in [1.82, 2.24) is 14.6 Å². The number of hydrogen-bond donors (Lipinski definition) is 2. The molecule has 0 amide bonds. The standard InChI is InChI=1S/C25H25F2N5O2/c1-15-13-18(16(2)29-19-6-4-3-5-17(19)24(33)34)22-21(14-15)32-20(7-10-28-32)23(30-22)31-11-8-25(26,27)9-12-31/h3-7,10,13-14,16,29H,8-9,11-12H2,1-2H3,(H,33,34)/t16-/m0/s1. The minimum Gasteiger partial charge on any atom is -0.478 e. The van der Waals surface area contributed by atoms with Gasteiger partial charge in [-0.05, 0) is 43.7 Å². The Bertz CT molecular complexity index is 1390. The average molecular weight is 466 g/mol. The molecule has 2 aromatic heterocycles. The first-order valence-corrected chi connectivity index (χ1v) is 11.2. The van der Waals surface area contributed by atoms with Crippen LogP contribution in [0.4, 0.5) is 20.3 Å². The number of aryl methyl sites for hydroxylation is 1. The summed E-state index contributed by atoms with van der Waals surface area (Å²) in [5, 5.41) is 17.4. The molecule has 2 aromatic carbocycles. The number of carbonyl (C=O) groups is 1. The first-order valence-electron chi connectivity index (χ1n) is 11.2. The highest BCUT2D eigenvalue weighted by molar-refractivity contribution is 5.94. The maximum atomic E-state index is 13.8. The Morgan fingerprint density at radius 1 is 1.15 bits per heavy atom. The monoisotopic (exact) mass is 465 g/mol. The lowest BCUT2D eigenvalue weighted by atomic mass is 10.0. The summed E-state index contributed by atoms with van der Waals surface area (Å²) < 4.78 is 29.4. The lowest BCUT2D eigenvalue weighted by molar-refractivity contribution is -0.0221. The van der Waals surface area contributed by atoms with Crippen molar-refractivity contribution in [2.45, 2.75) is 38.7 Å². The Hall–Kier alpha value is -3.75. The van der Waals surface area contributed by atoms with Crippen molar-refractivity contribution < 1.29 is 18.7 Å². The van der Waals surface area contributed by atoms with Gasteiger partial charge in [0.25, 0.3) is 5.92 Å². The number of halogens is 2. The second-order valence-electron chi connectivity index (χ2n) is 8.85. The lowest BCUT2D eigenvalue weighted by Gasteiger charge is -2.33. The van der Waals surface area contributed by atoms with E-state index in [9.17, 15) is 18.7 Å². The van der Waals surface area contributed by atoms with Crippen LogP contribution >= 0.6 is 0 Å². The van der Waals surface area contributed by atoms with Crippen molar-refractivity contribution in [3.63, 3.8) is 0 Å². The van der Waals surface area contributed by atoms with Crippen LogP contribution < -0.4 is 10.2 Å². The molecule has 0 spiro atoms. The van der Waals surface area contributed by atoms with Crippen LogP contribution in [0.3, 0.4) is 0 Å². The van der Waals surface area contributed by atoms with Crippen molar-refractivity contribution in [3.8, 4) is 0 Å². The van der Waals surface area contributed by atoms with Gasteiger partial charge in [0.15, 0.2) is 5.82 Å². The van der Waals surface area contributed by atoms with Crippen LogP contribution in [0, 0.1) is 6.92 Å². The lowest BCUT2D eigenvalue weighted by Crippen LogP contribution is -2.40. The zero-order chi connectivity index (χ0) is 24.0. The number of carboxylic acids is 1. The Morgan fingerprint density at radius 3 is 2.62 bits per heavy atom. The van der Waals surface area contributed by atoms with Crippen molar-refractivity contribution in [2.24, 2.45) is 0 Å². The summed E-state index contributed by atoms with van der Waals surface area (Å²) >= 11 is 0. The Labute approximate surface area is 195 Å². The molecule has 1 fully saturated rings. The first-order chi connectivity index (χ1) is 16.2. The van der Waals surface area contributed by atoms with Gasteiger partial charge in [0, 0.05) is 37.2 Å². The molecule has 5 rings (SSSR count). The maximum Gasteiger partial charge on any atom is 0.337 e. The van der Waals surface area contributed by atoms with Gasteiger partial charge in [-0.2, -0.15) is 5.10 Å². The number of anilines is 2. The van der Waals surface area contributed by atoms with E-state index in [4.69, 9.17) is 4.98 Å². The number of para-hydroxylation sites is 1.